The maximum atomic E-state index is 5.72. The standard InChI is InChI=1S/C19H18OS/c1-20-19-15(12-14-8-4-3-5-9-14)13-18(21-2)16-10-6-7-11-17(16)19/h3-11,13H,12H2,1-2H3. The first kappa shape index (κ1) is 14.0. The number of hydrogen-bond donors (Lipinski definition) is 0. The predicted octanol–water partition coefficient (Wildman–Crippen LogP) is 5.16. The number of benzene rings is 3. The monoisotopic (exact) mass is 294 g/mol. The average Bonchev–Trinajstić information content (AvgIpc) is 2.55. The molecule has 0 aliphatic carbocycles. The van der Waals surface area contributed by atoms with Gasteiger partial charge in [-0.05, 0) is 23.3 Å². The number of methoxy groups -OCH3 is 1. The Bertz CT molecular complexity index is 750. The fourth-order valence-electron chi connectivity index (χ4n) is 2.73. The molecule has 1 nitrogen and oxygen atoms in total. The zero-order valence-corrected chi connectivity index (χ0v) is 13.1. The summed E-state index contributed by atoms with van der Waals surface area (Å²) in [5.41, 5.74) is 2.55. The van der Waals surface area contributed by atoms with E-state index in [-0.39, 0.29) is 0 Å². The third kappa shape index (κ3) is 2.77. The van der Waals surface area contributed by atoms with Crippen LogP contribution in [0.5, 0.6) is 5.75 Å². The summed E-state index contributed by atoms with van der Waals surface area (Å²) >= 11 is 1.79. The summed E-state index contributed by atoms with van der Waals surface area (Å²) in [5.74, 6) is 0.993. The molecule has 0 atom stereocenters. The van der Waals surface area contributed by atoms with Crippen molar-refractivity contribution < 1.29 is 4.74 Å². The Kier molecular flexibility index (Phi) is 4.16. The highest BCUT2D eigenvalue weighted by molar-refractivity contribution is 7.98. The van der Waals surface area contributed by atoms with Crippen molar-refractivity contribution in [2.45, 2.75) is 11.3 Å². The molecule has 106 valence electrons. The normalized spacial score (nSPS) is 10.8. The van der Waals surface area contributed by atoms with Crippen molar-refractivity contribution in [3.63, 3.8) is 0 Å². The fraction of sp³-hybridized carbons (Fsp3) is 0.158. The Morgan fingerprint density at radius 1 is 0.905 bits per heavy atom. The van der Waals surface area contributed by atoms with E-state index < -0.39 is 0 Å². The highest BCUT2D eigenvalue weighted by atomic mass is 32.2. The van der Waals surface area contributed by atoms with E-state index in [9.17, 15) is 0 Å². The molecule has 3 aromatic carbocycles. The Morgan fingerprint density at radius 3 is 2.24 bits per heavy atom. The van der Waals surface area contributed by atoms with E-state index in [0.717, 1.165) is 12.2 Å². The molecule has 0 aromatic heterocycles. The molecular formula is C19H18OS. The lowest BCUT2D eigenvalue weighted by atomic mass is 9.99. The van der Waals surface area contributed by atoms with E-state index in [4.69, 9.17) is 4.74 Å². The van der Waals surface area contributed by atoms with Gasteiger partial charge in [0.05, 0.1) is 7.11 Å². The molecule has 0 radical (unpaired) electrons. The number of fused-ring (bicyclic) bond motifs is 1. The van der Waals surface area contributed by atoms with Gasteiger partial charge in [0.15, 0.2) is 0 Å². The smallest absolute Gasteiger partial charge is 0.130 e. The second-order valence-electron chi connectivity index (χ2n) is 4.98. The van der Waals surface area contributed by atoms with E-state index in [0.29, 0.717) is 0 Å². The van der Waals surface area contributed by atoms with Crippen molar-refractivity contribution in [3.8, 4) is 5.75 Å². The van der Waals surface area contributed by atoms with Crippen molar-refractivity contribution in [3.05, 3.63) is 71.8 Å². The van der Waals surface area contributed by atoms with Crippen LogP contribution < -0.4 is 4.74 Å². The highest BCUT2D eigenvalue weighted by Crippen LogP contribution is 2.37. The minimum atomic E-state index is 0.891. The molecule has 0 heterocycles. The summed E-state index contributed by atoms with van der Waals surface area (Å²) in [6.07, 6.45) is 3.02. The molecule has 3 rings (SSSR count). The van der Waals surface area contributed by atoms with Crippen LogP contribution in [0.4, 0.5) is 0 Å². The van der Waals surface area contributed by atoms with Gasteiger partial charge in [0.25, 0.3) is 0 Å². The van der Waals surface area contributed by atoms with Gasteiger partial charge in [-0.25, -0.2) is 0 Å². The van der Waals surface area contributed by atoms with Gasteiger partial charge in [-0.15, -0.1) is 11.8 Å². The van der Waals surface area contributed by atoms with Gasteiger partial charge < -0.3 is 4.74 Å². The largest absolute Gasteiger partial charge is 0.496 e. The molecule has 3 aromatic rings. The van der Waals surface area contributed by atoms with Crippen LogP contribution >= 0.6 is 11.8 Å². The first-order chi connectivity index (χ1) is 10.3. The van der Waals surface area contributed by atoms with E-state index in [1.54, 1.807) is 18.9 Å². The molecule has 2 heteroatoms. The summed E-state index contributed by atoms with van der Waals surface area (Å²) in [6, 6.07) is 21.3. The first-order valence-electron chi connectivity index (χ1n) is 7.00. The van der Waals surface area contributed by atoms with Crippen molar-refractivity contribution in [2.24, 2.45) is 0 Å². The molecule has 0 saturated heterocycles. The third-order valence-electron chi connectivity index (χ3n) is 3.70. The van der Waals surface area contributed by atoms with Crippen molar-refractivity contribution in [2.75, 3.05) is 13.4 Å². The fourth-order valence-corrected chi connectivity index (χ4v) is 3.39. The molecular weight excluding hydrogens is 276 g/mol. The summed E-state index contributed by atoms with van der Waals surface area (Å²) in [6.45, 7) is 0. The van der Waals surface area contributed by atoms with E-state index in [1.165, 1.54) is 26.8 Å². The molecule has 0 aliphatic heterocycles. The van der Waals surface area contributed by atoms with Gasteiger partial charge in [-0.2, -0.15) is 0 Å². The van der Waals surface area contributed by atoms with Crippen LogP contribution in [0.1, 0.15) is 11.1 Å². The molecule has 0 aliphatic rings. The quantitative estimate of drug-likeness (QED) is 0.615. The van der Waals surface area contributed by atoms with Crippen LogP contribution in [0.2, 0.25) is 0 Å². The van der Waals surface area contributed by atoms with Crippen LogP contribution in [-0.4, -0.2) is 13.4 Å². The van der Waals surface area contributed by atoms with Crippen LogP contribution in [0.25, 0.3) is 10.8 Å². The lowest BCUT2D eigenvalue weighted by Crippen LogP contribution is -1.96. The molecule has 0 saturated carbocycles. The van der Waals surface area contributed by atoms with Crippen molar-refractivity contribution in [1.29, 1.82) is 0 Å². The molecule has 21 heavy (non-hydrogen) atoms. The predicted molar refractivity (Wildman–Crippen MR) is 91.5 cm³/mol. The van der Waals surface area contributed by atoms with Crippen LogP contribution in [-0.2, 0) is 6.42 Å². The van der Waals surface area contributed by atoms with Gasteiger partial charge >= 0.3 is 0 Å². The number of ether oxygens (including phenoxy) is 1. The van der Waals surface area contributed by atoms with E-state index in [2.05, 4.69) is 66.9 Å². The second kappa shape index (κ2) is 6.23. The van der Waals surface area contributed by atoms with Crippen LogP contribution in [0.15, 0.2) is 65.6 Å². The molecule has 0 fully saturated rings. The van der Waals surface area contributed by atoms with Crippen molar-refractivity contribution in [1.82, 2.24) is 0 Å². The minimum absolute atomic E-state index is 0.891. The highest BCUT2D eigenvalue weighted by Gasteiger charge is 2.12. The summed E-state index contributed by atoms with van der Waals surface area (Å²) in [5, 5.41) is 2.46. The summed E-state index contributed by atoms with van der Waals surface area (Å²) in [7, 11) is 1.76. The SMILES string of the molecule is COc1c(Cc2ccccc2)cc(SC)c2ccccc12. The molecule has 0 unspecified atom stereocenters. The maximum Gasteiger partial charge on any atom is 0.130 e. The molecule has 0 N–H and O–H groups in total. The Hall–Kier alpha value is -1.93. The third-order valence-corrected chi connectivity index (χ3v) is 4.47. The van der Waals surface area contributed by atoms with Gasteiger partial charge in [0.2, 0.25) is 0 Å². The number of rotatable bonds is 4. The van der Waals surface area contributed by atoms with Crippen molar-refractivity contribution >= 4 is 22.5 Å². The summed E-state index contributed by atoms with van der Waals surface area (Å²) in [4.78, 5) is 1.30. The average molecular weight is 294 g/mol. The minimum Gasteiger partial charge on any atom is -0.496 e. The Labute approximate surface area is 130 Å². The zero-order valence-electron chi connectivity index (χ0n) is 12.3. The topological polar surface area (TPSA) is 9.23 Å². The lowest BCUT2D eigenvalue weighted by molar-refractivity contribution is 0.415. The van der Waals surface area contributed by atoms with E-state index >= 15 is 0 Å². The lowest BCUT2D eigenvalue weighted by Gasteiger charge is -2.15. The van der Waals surface area contributed by atoms with Gasteiger partial charge in [0, 0.05) is 22.3 Å². The van der Waals surface area contributed by atoms with E-state index in [1.807, 2.05) is 0 Å². The van der Waals surface area contributed by atoms with Gasteiger partial charge in [0.1, 0.15) is 5.75 Å². The van der Waals surface area contributed by atoms with Crippen LogP contribution in [0, 0.1) is 0 Å². The number of hydrogen-bond acceptors (Lipinski definition) is 2. The van der Waals surface area contributed by atoms with Gasteiger partial charge in [-0.3, -0.25) is 0 Å². The number of thioether (sulfide) groups is 1. The second-order valence-corrected chi connectivity index (χ2v) is 5.83. The molecule has 0 bridgehead atoms. The Morgan fingerprint density at radius 2 is 1.57 bits per heavy atom. The summed E-state index contributed by atoms with van der Waals surface area (Å²) < 4.78 is 5.72. The Balaban J connectivity index is 2.17. The van der Waals surface area contributed by atoms with Gasteiger partial charge in [-0.1, -0.05) is 54.6 Å². The first-order valence-corrected chi connectivity index (χ1v) is 8.22. The zero-order chi connectivity index (χ0) is 14.7. The molecule has 0 spiro atoms. The van der Waals surface area contributed by atoms with Crippen LogP contribution in [0.3, 0.4) is 0 Å². The maximum absolute atomic E-state index is 5.72. The molecule has 0 amide bonds.